The molecule has 1 saturated heterocycles. The summed E-state index contributed by atoms with van der Waals surface area (Å²) in [5.74, 6) is -3.01. The highest BCUT2D eigenvalue weighted by molar-refractivity contribution is 5.94. The number of ether oxygens (including phenoxy) is 2. The SMILES string of the molecule is COc1cccc(CNC(=O)c2nc(C3COCCN3C)n(C)c(=O)c2O)c1.O=C(O)C(F)(F)F. The first kappa shape index (κ1) is 27.6. The van der Waals surface area contributed by atoms with Crippen LogP contribution in [0.15, 0.2) is 29.1 Å². The molecule has 35 heavy (non-hydrogen) atoms. The van der Waals surface area contributed by atoms with Crippen molar-refractivity contribution in [3.63, 3.8) is 0 Å². The summed E-state index contributed by atoms with van der Waals surface area (Å²) in [7, 11) is 4.98. The van der Waals surface area contributed by atoms with Gasteiger partial charge in [0.2, 0.25) is 5.75 Å². The molecule has 1 unspecified atom stereocenters. The number of likely N-dealkylation sites (N-methyl/N-ethyl adjacent to an activating group) is 1. The number of alkyl halides is 3. The van der Waals surface area contributed by atoms with Crippen LogP contribution in [0.5, 0.6) is 11.5 Å². The van der Waals surface area contributed by atoms with Crippen molar-refractivity contribution in [3.05, 3.63) is 51.7 Å². The second-order valence-corrected chi connectivity index (χ2v) is 7.44. The first-order valence-electron chi connectivity index (χ1n) is 10.2. The zero-order chi connectivity index (χ0) is 26.3. The van der Waals surface area contributed by atoms with Crippen LogP contribution in [0.4, 0.5) is 13.2 Å². The summed E-state index contributed by atoms with van der Waals surface area (Å²) < 4.78 is 43.6. The highest BCUT2D eigenvalue weighted by atomic mass is 19.4. The van der Waals surface area contributed by atoms with Crippen LogP contribution >= 0.6 is 0 Å². The summed E-state index contributed by atoms with van der Waals surface area (Å²) in [4.78, 5) is 40.3. The number of rotatable bonds is 5. The number of aliphatic carboxylic acids is 1. The number of aromatic nitrogens is 2. The van der Waals surface area contributed by atoms with Crippen LogP contribution in [0.2, 0.25) is 0 Å². The van der Waals surface area contributed by atoms with Gasteiger partial charge in [-0.2, -0.15) is 13.2 Å². The third-order valence-corrected chi connectivity index (χ3v) is 5.04. The minimum atomic E-state index is -5.08. The summed E-state index contributed by atoms with van der Waals surface area (Å²) in [6.45, 7) is 1.83. The van der Waals surface area contributed by atoms with E-state index in [4.69, 9.17) is 19.4 Å². The zero-order valence-electron chi connectivity index (χ0n) is 19.1. The van der Waals surface area contributed by atoms with Gasteiger partial charge in [0.25, 0.3) is 11.5 Å². The third kappa shape index (κ3) is 7.16. The van der Waals surface area contributed by atoms with Gasteiger partial charge in [-0.1, -0.05) is 12.1 Å². The molecule has 3 rings (SSSR count). The molecule has 0 radical (unpaired) electrons. The average Bonchev–Trinajstić information content (AvgIpc) is 2.82. The highest BCUT2D eigenvalue weighted by Crippen LogP contribution is 2.22. The topological polar surface area (TPSA) is 143 Å². The lowest BCUT2D eigenvalue weighted by molar-refractivity contribution is -0.192. The van der Waals surface area contributed by atoms with Crippen LogP contribution in [0.3, 0.4) is 0 Å². The molecule has 2 aromatic rings. The fraction of sp³-hybridized carbons (Fsp3) is 0.429. The molecule has 1 amide bonds. The van der Waals surface area contributed by atoms with E-state index >= 15 is 0 Å². The molecule has 1 aliphatic rings. The average molecular weight is 502 g/mol. The lowest BCUT2D eigenvalue weighted by atomic mass is 10.2. The fourth-order valence-electron chi connectivity index (χ4n) is 3.07. The van der Waals surface area contributed by atoms with Crippen molar-refractivity contribution in [2.24, 2.45) is 7.05 Å². The minimum Gasteiger partial charge on any atom is -0.501 e. The molecule has 1 aromatic carbocycles. The second kappa shape index (κ2) is 11.7. The lowest BCUT2D eigenvalue weighted by Gasteiger charge is -2.32. The van der Waals surface area contributed by atoms with Gasteiger partial charge in [-0.25, -0.2) is 9.78 Å². The quantitative estimate of drug-likeness (QED) is 0.547. The molecule has 0 spiro atoms. The predicted molar refractivity (Wildman–Crippen MR) is 115 cm³/mol. The van der Waals surface area contributed by atoms with Crippen molar-refractivity contribution < 1.29 is 42.4 Å². The summed E-state index contributed by atoms with van der Waals surface area (Å²) in [6, 6.07) is 6.95. The highest BCUT2D eigenvalue weighted by Gasteiger charge is 2.38. The van der Waals surface area contributed by atoms with Crippen molar-refractivity contribution >= 4 is 11.9 Å². The molecule has 14 heteroatoms. The van der Waals surface area contributed by atoms with E-state index < -0.39 is 29.4 Å². The van der Waals surface area contributed by atoms with Crippen molar-refractivity contribution in [1.29, 1.82) is 0 Å². The van der Waals surface area contributed by atoms with E-state index in [1.807, 2.05) is 24.1 Å². The van der Waals surface area contributed by atoms with Gasteiger partial charge in [0.1, 0.15) is 11.6 Å². The number of methoxy groups -OCH3 is 1. The van der Waals surface area contributed by atoms with E-state index in [9.17, 15) is 27.9 Å². The maximum Gasteiger partial charge on any atom is 0.490 e. The molecule has 1 aliphatic heterocycles. The number of hydrogen-bond acceptors (Lipinski definition) is 8. The van der Waals surface area contributed by atoms with Crippen molar-refractivity contribution in [2.75, 3.05) is 33.9 Å². The van der Waals surface area contributed by atoms with Crippen LogP contribution in [0, 0.1) is 0 Å². The van der Waals surface area contributed by atoms with Crippen LogP contribution in [0.25, 0.3) is 0 Å². The van der Waals surface area contributed by atoms with Gasteiger partial charge in [0.15, 0.2) is 5.69 Å². The molecule has 3 N–H and O–H groups in total. The number of benzene rings is 1. The van der Waals surface area contributed by atoms with E-state index in [2.05, 4.69) is 10.3 Å². The molecule has 1 atom stereocenters. The number of carbonyl (C=O) groups is 2. The Balaban J connectivity index is 0.000000540. The minimum absolute atomic E-state index is 0.203. The Hall–Kier alpha value is -3.65. The standard InChI is InChI=1S/C19H24N4O5.C2HF3O2/c1-22-7-8-28-11-14(22)17-21-15(16(24)19(26)23(17)2)18(25)20-10-12-5-4-6-13(9-12)27-3;3-2(4,5)1(6)7/h4-6,9,14,24H,7-8,10-11H2,1-3H3,(H,20,25);(H,6,7). The number of carbonyl (C=O) groups excluding carboxylic acids is 1. The number of carboxylic acid groups (broad SMARTS) is 1. The van der Waals surface area contributed by atoms with Gasteiger partial charge < -0.3 is 25.0 Å². The molecule has 11 nitrogen and oxygen atoms in total. The van der Waals surface area contributed by atoms with Gasteiger partial charge in [-0.05, 0) is 24.7 Å². The maximum absolute atomic E-state index is 12.6. The number of nitrogens with zero attached hydrogens (tertiary/aromatic N) is 3. The number of aromatic hydroxyl groups is 1. The molecule has 0 aliphatic carbocycles. The number of amides is 1. The predicted octanol–water partition coefficient (Wildman–Crippen LogP) is 1.06. The Morgan fingerprint density at radius 1 is 1.31 bits per heavy atom. The van der Waals surface area contributed by atoms with E-state index in [1.54, 1.807) is 19.2 Å². The van der Waals surface area contributed by atoms with Crippen LogP contribution in [0.1, 0.15) is 27.9 Å². The summed E-state index contributed by atoms with van der Waals surface area (Å²) in [6.07, 6.45) is -5.08. The third-order valence-electron chi connectivity index (χ3n) is 5.04. The van der Waals surface area contributed by atoms with E-state index in [0.29, 0.717) is 31.3 Å². The Morgan fingerprint density at radius 2 is 1.97 bits per heavy atom. The second-order valence-electron chi connectivity index (χ2n) is 7.44. The number of carboxylic acids is 1. The van der Waals surface area contributed by atoms with Crippen LogP contribution < -0.4 is 15.6 Å². The van der Waals surface area contributed by atoms with Crippen LogP contribution in [-0.4, -0.2) is 76.6 Å². The fourth-order valence-corrected chi connectivity index (χ4v) is 3.07. The Labute approximate surface area is 197 Å². The van der Waals surface area contributed by atoms with Crippen LogP contribution in [-0.2, 0) is 23.1 Å². The molecule has 2 heterocycles. The van der Waals surface area contributed by atoms with Crippen molar-refractivity contribution in [3.8, 4) is 11.5 Å². The van der Waals surface area contributed by atoms with Gasteiger partial charge in [-0.15, -0.1) is 0 Å². The number of nitrogens with one attached hydrogen (secondary N) is 1. The number of hydrogen-bond donors (Lipinski definition) is 3. The smallest absolute Gasteiger partial charge is 0.490 e. The van der Waals surface area contributed by atoms with Crippen molar-refractivity contribution in [1.82, 2.24) is 19.8 Å². The first-order valence-corrected chi connectivity index (χ1v) is 10.2. The molecule has 0 saturated carbocycles. The molecule has 1 fully saturated rings. The van der Waals surface area contributed by atoms with Gasteiger partial charge in [0.05, 0.1) is 26.4 Å². The summed E-state index contributed by atoms with van der Waals surface area (Å²) >= 11 is 0. The molecular weight excluding hydrogens is 477 g/mol. The van der Waals surface area contributed by atoms with E-state index in [1.165, 1.54) is 11.6 Å². The van der Waals surface area contributed by atoms with Gasteiger partial charge in [0, 0.05) is 20.1 Å². The summed E-state index contributed by atoms with van der Waals surface area (Å²) in [5.41, 5.74) is -0.146. The summed E-state index contributed by atoms with van der Waals surface area (Å²) in [5, 5.41) is 20.0. The lowest BCUT2D eigenvalue weighted by Crippen LogP contribution is -2.41. The maximum atomic E-state index is 12.6. The van der Waals surface area contributed by atoms with Gasteiger partial charge >= 0.3 is 12.1 Å². The van der Waals surface area contributed by atoms with Crippen molar-refractivity contribution in [2.45, 2.75) is 18.8 Å². The van der Waals surface area contributed by atoms with E-state index in [-0.39, 0.29) is 18.3 Å². The normalized spacial score (nSPS) is 16.1. The van der Waals surface area contributed by atoms with E-state index in [0.717, 1.165) is 5.56 Å². The molecule has 1 aromatic heterocycles. The molecule has 0 bridgehead atoms. The monoisotopic (exact) mass is 502 g/mol. The largest absolute Gasteiger partial charge is 0.501 e. The molecular formula is C21H25F3N4O7. The van der Waals surface area contributed by atoms with Gasteiger partial charge in [-0.3, -0.25) is 19.1 Å². The Bertz CT molecular complexity index is 1120. The zero-order valence-corrected chi connectivity index (χ0v) is 19.1. The number of morpholine rings is 1. The Kier molecular flexibility index (Phi) is 9.19. The first-order chi connectivity index (χ1) is 16.4. The Morgan fingerprint density at radius 3 is 2.54 bits per heavy atom. The molecule has 192 valence electrons. The number of halogens is 3.